The molecule has 8 heteroatoms. The van der Waals surface area contributed by atoms with E-state index in [-0.39, 0.29) is 5.91 Å². The van der Waals surface area contributed by atoms with Crippen LogP contribution in [0.3, 0.4) is 0 Å². The van der Waals surface area contributed by atoms with Gasteiger partial charge in [-0.05, 0) is 18.6 Å². The topological polar surface area (TPSA) is 85.6 Å². The normalized spacial score (nSPS) is 11.2. The molecular weight excluding hydrogens is 324 g/mol. The summed E-state index contributed by atoms with van der Waals surface area (Å²) in [4.78, 5) is 16.3. The predicted octanol–water partition coefficient (Wildman–Crippen LogP) is 2.26. The third kappa shape index (κ3) is 2.83. The van der Waals surface area contributed by atoms with E-state index in [1.165, 1.54) is 6.20 Å². The summed E-state index contributed by atoms with van der Waals surface area (Å²) in [6.07, 6.45) is 4.18. The number of pyridine rings is 1. The van der Waals surface area contributed by atoms with Crippen LogP contribution in [0, 0.1) is 0 Å². The van der Waals surface area contributed by atoms with E-state index in [4.69, 9.17) is 0 Å². The van der Waals surface area contributed by atoms with Crippen LogP contribution in [0.1, 0.15) is 16.8 Å². The molecule has 1 amide bonds. The predicted molar refractivity (Wildman–Crippen MR) is 91.9 cm³/mol. The molecule has 3 heterocycles. The molecule has 120 valence electrons. The molecule has 0 unspecified atom stereocenters. The van der Waals surface area contributed by atoms with Crippen LogP contribution in [0.4, 0.5) is 0 Å². The van der Waals surface area contributed by atoms with Crippen molar-refractivity contribution >= 4 is 39.7 Å². The van der Waals surface area contributed by atoms with Gasteiger partial charge in [-0.3, -0.25) is 9.48 Å². The zero-order valence-electron chi connectivity index (χ0n) is 12.7. The first-order chi connectivity index (χ1) is 11.8. The van der Waals surface area contributed by atoms with Crippen molar-refractivity contribution in [1.29, 1.82) is 0 Å². The molecule has 0 spiro atoms. The van der Waals surface area contributed by atoms with Crippen LogP contribution in [0.5, 0.6) is 0 Å². The molecule has 4 aromatic rings. The van der Waals surface area contributed by atoms with Crippen LogP contribution in [0.2, 0.25) is 0 Å². The minimum Gasteiger partial charge on any atom is -0.352 e. The molecule has 0 bridgehead atoms. The first-order valence-corrected chi connectivity index (χ1v) is 8.31. The molecule has 0 saturated heterocycles. The van der Waals surface area contributed by atoms with E-state index in [0.29, 0.717) is 23.3 Å². The molecule has 7 nitrogen and oxygen atoms in total. The van der Waals surface area contributed by atoms with Crippen molar-refractivity contribution in [1.82, 2.24) is 28.8 Å². The first-order valence-electron chi connectivity index (χ1n) is 7.58. The number of carbonyl (C=O) groups is 1. The number of fused-ring (bicyclic) bond motifs is 2. The van der Waals surface area contributed by atoms with Gasteiger partial charge in [-0.1, -0.05) is 18.2 Å². The molecule has 0 atom stereocenters. The minimum atomic E-state index is -0.150. The number of hydrogen-bond donors (Lipinski definition) is 1. The average Bonchev–Trinajstić information content (AvgIpc) is 3.24. The van der Waals surface area contributed by atoms with Crippen molar-refractivity contribution in [3.05, 3.63) is 48.3 Å². The fourth-order valence-corrected chi connectivity index (χ4v) is 3.03. The molecule has 0 saturated carbocycles. The Morgan fingerprint density at radius 1 is 1.21 bits per heavy atom. The summed E-state index contributed by atoms with van der Waals surface area (Å²) in [7, 11) is 0. The van der Waals surface area contributed by atoms with Crippen molar-refractivity contribution in [3.63, 3.8) is 0 Å². The summed E-state index contributed by atoms with van der Waals surface area (Å²) >= 11 is 1.09. The Bertz CT molecular complexity index is 1010. The highest BCUT2D eigenvalue weighted by Gasteiger charge is 2.09. The molecule has 4 rings (SSSR count). The third-order valence-corrected chi connectivity index (χ3v) is 4.29. The zero-order valence-corrected chi connectivity index (χ0v) is 13.5. The van der Waals surface area contributed by atoms with E-state index in [0.717, 1.165) is 35.6 Å². The zero-order chi connectivity index (χ0) is 16.4. The van der Waals surface area contributed by atoms with Crippen molar-refractivity contribution in [2.75, 3.05) is 6.54 Å². The molecule has 0 aliphatic rings. The molecule has 0 fully saturated rings. The van der Waals surface area contributed by atoms with Gasteiger partial charge >= 0.3 is 0 Å². The van der Waals surface area contributed by atoms with Crippen LogP contribution in [-0.4, -0.2) is 36.0 Å². The number of carbonyl (C=O) groups excluding carboxylic acids is 1. The van der Waals surface area contributed by atoms with Gasteiger partial charge in [0.2, 0.25) is 0 Å². The number of rotatable bonds is 5. The fourth-order valence-electron chi connectivity index (χ4n) is 2.55. The first kappa shape index (κ1) is 14.7. The smallest absolute Gasteiger partial charge is 0.252 e. The van der Waals surface area contributed by atoms with Crippen molar-refractivity contribution < 1.29 is 4.79 Å². The lowest BCUT2D eigenvalue weighted by molar-refractivity contribution is 0.0952. The summed E-state index contributed by atoms with van der Waals surface area (Å²) in [6, 6.07) is 9.79. The molecule has 0 aliphatic heterocycles. The molecule has 1 aromatic carbocycles. The van der Waals surface area contributed by atoms with Gasteiger partial charge in [-0.2, -0.15) is 13.8 Å². The third-order valence-electron chi connectivity index (χ3n) is 3.76. The minimum absolute atomic E-state index is 0.150. The van der Waals surface area contributed by atoms with Crippen LogP contribution >= 0.6 is 11.7 Å². The highest BCUT2D eigenvalue weighted by molar-refractivity contribution is 7.00. The summed E-state index contributed by atoms with van der Waals surface area (Å²) in [6.45, 7) is 1.32. The maximum atomic E-state index is 12.2. The monoisotopic (exact) mass is 338 g/mol. The van der Waals surface area contributed by atoms with E-state index in [1.54, 1.807) is 6.07 Å². The van der Waals surface area contributed by atoms with E-state index in [9.17, 15) is 4.79 Å². The van der Waals surface area contributed by atoms with Crippen LogP contribution < -0.4 is 5.32 Å². The quantitative estimate of drug-likeness (QED) is 0.564. The molecular formula is C16H14N6OS. The van der Waals surface area contributed by atoms with Gasteiger partial charge < -0.3 is 5.32 Å². The summed E-state index contributed by atoms with van der Waals surface area (Å²) in [5, 5.41) is 8.40. The Labute approximate surface area is 141 Å². The van der Waals surface area contributed by atoms with Gasteiger partial charge in [-0.15, -0.1) is 0 Å². The lowest BCUT2D eigenvalue weighted by Crippen LogP contribution is -2.25. The number of aromatic nitrogens is 5. The average molecular weight is 338 g/mol. The van der Waals surface area contributed by atoms with Gasteiger partial charge in [-0.25, -0.2) is 4.98 Å². The van der Waals surface area contributed by atoms with Gasteiger partial charge in [0.1, 0.15) is 5.52 Å². The summed E-state index contributed by atoms with van der Waals surface area (Å²) in [5.74, 6) is -0.150. The fraction of sp³-hybridized carbons (Fsp3) is 0.188. The van der Waals surface area contributed by atoms with E-state index in [2.05, 4.69) is 24.1 Å². The number of para-hydroxylation sites is 1. The molecule has 0 aliphatic carbocycles. The molecule has 3 aromatic heterocycles. The maximum Gasteiger partial charge on any atom is 0.252 e. The second kappa shape index (κ2) is 6.32. The van der Waals surface area contributed by atoms with Crippen molar-refractivity contribution in [3.8, 4) is 0 Å². The van der Waals surface area contributed by atoms with Gasteiger partial charge in [0.25, 0.3) is 5.91 Å². The Morgan fingerprint density at radius 2 is 2.12 bits per heavy atom. The second-order valence-corrected chi connectivity index (χ2v) is 5.90. The number of nitrogens with zero attached hydrogens (tertiary/aromatic N) is 5. The van der Waals surface area contributed by atoms with E-state index >= 15 is 0 Å². The highest BCUT2D eigenvalue weighted by Crippen LogP contribution is 2.13. The van der Waals surface area contributed by atoms with E-state index in [1.807, 2.05) is 35.1 Å². The Balaban J connectivity index is 1.34. The summed E-state index contributed by atoms with van der Waals surface area (Å²) < 4.78 is 10.1. The maximum absolute atomic E-state index is 12.2. The lowest BCUT2D eigenvalue weighted by atomic mass is 10.2. The van der Waals surface area contributed by atoms with Crippen molar-refractivity contribution in [2.45, 2.75) is 13.0 Å². The Morgan fingerprint density at radius 3 is 3.08 bits per heavy atom. The number of nitrogens with one attached hydrogen (secondary N) is 1. The Hall–Kier alpha value is -2.87. The van der Waals surface area contributed by atoms with Gasteiger partial charge in [0.15, 0.2) is 5.65 Å². The number of hydrogen-bond acceptors (Lipinski definition) is 6. The number of benzene rings is 1. The molecule has 1 N–H and O–H groups in total. The van der Waals surface area contributed by atoms with Crippen LogP contribution in [-0.2, 0) is 6.54 Å². The number of amides is 1. The van der Waals surface area contributed by atoms with Crippen LogP contribution in [0.25, 0.3) is 22.1 Å². The molecule has 0 radical (unpaired) electrons. The van der Waals surface area contributed by atoms with Gasteiger partial charge in [0, 0.05) is 24.7 Å². The van der Waals surface area contributed by atoms with E-state index < -0.39 is 0 Å². The SMILES string of the molecule is O=C(NCCCn1ncc2ccccc21)c1cnc2nsnc2c1. The Kier molecular flexibility index (Phi) is 3.87. The lowest BCUT2D eigenvalue weighted by Gasteiger charge is -2.06. The second-order valence-electron chi connectivity index (χ2n) is 5.37. The van der Waals surface area contributed by atoms with Crippen LogP contribution in [0.15, 0.2) is 42.7 Å². The van der Waals surface area contributed by atoms with Gasteiger partial charge in [0.05, 0.1) is 29.0 Å². The largest absolute Gasteiger partial charge is 0.352 e. The standard InChI is InChI=1S/C16H14N6OS/c23-16(12-8-13-15(18-9-12)21-24-20-13)17-6-3-7-22-14-5-2-1-4-11(14)10-19-22/h1-2,4-5,8-10H,3,6-7H2,(H,17,23). The van der Waals surface area contributed by atoms with Crippen molar-refractivity contribution in [2.24, 2.45) is 0 Å². The molecule has 24 heavy (non-hydrogen) atoms. The summed E-state index contributed by atoms with van der Waals surface area (Å²) in [5.41, 5.74) is 2.83. The highest BCUT2D eigenvalue weighted by atomic mass is 32.1. The number of aryl methyl sites for hydroxylation is 1.